The first-order chi connectivity index (χ1) is 63.5. The Morgan fingerprint density at radius 1 is 0.156 bits per heavy atom. The van der Waals surface area contributed by atoms with E-state index in [0.717, 1.165) is 116 Å². The molecule has 0 bridgehead atoms. The van der Waals surface area contributed by atoms with Gasteiger partial charge in [0.05, 0.1) is 99.3 Å². The minimum atomic E-state index is 0.898. The van der Waals surface area contributed by atoms with Crippen LogP contribution in [0.15, 0.2) is 400 Å². The molecule has 0 atom stereocenters. The molecule has 0 N–H and O–H groups in total. The summed E-state index contributed by atoms with van der Waals surface area (Å²) in [6.07, 6.45) is 0. The minimum absolute atomic E-state index is 0.898. The van der Waals surface area contributed by atoms with Crippen molar-refractivity contribution in [2.75, 3.05) is 0 Å². The summed E-state index contributed by atoms with van der Waals surface area (Å²) in [5.74, 6) is 0. The van der Waals surface area contributed by atoms with Crippen LogP contribution in [0.3, 0.4) is 0 Å². The number of benzene rings is 19. The molecule has 0 amide bonds. The minimum Gasteiger partial charge on any atom is -0.309 e. The zero-order valence-corrected chi connectivity index (χ0v) is 68.5. The molecule has 0 saturated heterocycles. The van der Waals surface area contributed by atoms with Crippen LogP contribution in [-0.2, 0) is 0 Å². The van der Waals surface area contributed by atoms with Crippen molar-refractivity contribution in [3.05, 3.63) is 400 Å². The third-order valence-corrected chi connectivity index (χ3v) is 27.2. The Bertz CT molecular complexity index is 10100. The predicted octanol–water partition coefficient (Wildman–Crippen LogP) is 29.3. The van der Waals surface area contributed by atoms with Crippen molar-refractivity contribution in [1.82, 2.24) is 56.8 Å². The number of aromatic nitrogens is 12. The highest BCUT2D eigenvalue weighted by Crippen LogP contribution is 2.51. The lowest BCUT2D eigenvalue weighted by Crippen LogP contribution is -1.96. The highest BCUT2D eigenvalue weighted by atomic mass is 15.1. The number of hydrogen-bond acceptors (Lipinski definition) is 6. The van der Waals surface area contributed by atoms with Crippen molar-refractivity contribution in [3.8, 4) is 39.3 Å². The fourth-order valence-corrected chi connectivity index (χ4v) is 21.9. The molecule has 12 heterocycles. The molecular weight excluding hydrogens is 1560 g/mol. The van der Waals surface area contributed by atoms with Crippen molar-refractivity contribution in [1.29, 1.82) is 0 Å². The summed E-state index contributed by atoms with van der Waals surface area (Å²) >= 11 is 0. The number of fused-ring (bicyclic) bond motifs is 36. The Hall–Kier alpha value is -17.5. The lowest BCUT2D eigenvalue weighted by Gasteiger charge is -2.14. The Morgan fingerprint density at radius 3 is 1.01 bits per heavy atom. The van der Waals surface area contributed by atoms with Gasteiger partial charge >= 0.3 is 0 Å². The van der Waals surface area contributed by atoms with Gasteiger partial charge in [-0.15, -0.1) is 0 Å². The van der Waals surface area contributed by atoms with Gasteiger partial charge < -0.3 is 13.7 Å². The molecule has 0 aliphatic carbocycles. The van der Waals surface area contributed by atoms with Crippen molar-refractivity contribution < 1.29 is 0 Å². The fourth-order valence-electron chi connectivity index (χ4n) is 21.9. The van der Waals surface area contributed by atoms with E-state index in [-0.39, 0.29) is 0 Å². The topological polar surface area (TPSA) is 105 Å². The maximum absolute atomic E-state index is 5.21. The Labute approximate surface area is 726 Å². The second-order valence-corrected chi connectivity index (χ2v) is 33.9. The molecule has 31 aromatic rings. The van der Waals surface area contributed by atoms with E-state index in [9.17, 15) is 0 Å². The highest BCUT2D eigenvalue weighted by Gasteiger charge is 2.30. The largest absolute Gasteiger partial charge is 0.309 e. The maximum Gasteiger partial charge on any atom is 0.165 e. The van der Waals surface area contributed by atoms with Crippen LogP contribution >= 0.6 is 0 Å². The van der Waals surface area contributed by atoms with Crippen LogP contribution in [0.1, 0.15) is 0 Å². The van der Waals surface area contributed by atoms with E-state index in [1.54, 1.807) is 0 Å². The summed E-state index contributed by atoms with van der Waals surface area (Å²) in [4.78, 5) is 30.9. The molecule has 12 heteroatoms. The zero-order chi connectivity index (χ0) is 83.2. The Balaban J connectivity index is 0.0000000956. The van der Waals surface area contributed by atoms with Crippen molar-refractivity contribution >= 4 is 235 Å². The summed E-state index contributed by atoms with van der Waals surface area (Å²) in [7, 11) is 0. The van der Waals surface area contributed by atoms with Crippen LogP contribution in [0.2, 0.25) is 0 Å². The quantitative estimate of drug-likeness (QED) is 0.170. The normalized spacial score (nSPS) is 12.4. The molecule has 0 fully saturated rings. The molecule has 12 aromatic heterocycles. The second-order valence-electron chi connectivity index (χ2n) is 33.9. The van der Waals surface area contributed by atoms with Gasteiger partial charge in [0.15, 0.2) is 16.9 Å². The maximum atomic E-state index is 5.21. The SMILES string of the molecule is c1ccc(-c2cc(-c3ccccc3)cc(-n3c4ccccc4c4ccc5c(c6cccc7c8nc9ccccc9nc8n5c76)c43)c2)cc1.c1ccc(-n2c3ccccc3c3ccc4c(c5c6ccccc6cc6c7nc8ccccc8nc7n4c65)c32)cc1.c1ccc2cc(-n3c4ccccc4c4ccc5c(c6cccc7c8nc9ccccc9nc8n5c76)c43)ccc2c1. The third-order valence-electron chi connectivity index (χ3n) is 27.2. The van der Waals surface area contributed by atoms with Crippen molar-refractivity contribution in [3.63, 3.8) is 0 Å². The first-order valence-electron chi connectivity index (χ1n) is 43.6. The molecule has 0 aliphatic heterocycles. The Kier molecular flexibility index (Phi) is 14.1. The van der Waals surface area contributed by atoms with Crippen LogP contribution in [0, 0.1) is 0 Å². The van der Waals surface area contributed by atoms with Gasteiger partial charge in [-0.2, -0.15) is 0 Å². The standard InChI is InChI=1S/C44H26N4.2C36H20N4/c1-3-12-27(13-4-1)29-24-30(28-14-5-2-6-15-28)26-31(25-29)47-38-21-10-7-16-32(38)33-22-23-39-40(43(33)47)34-17-11-18-35-41-44(48(39)42(34)35)46-37-20-9-8-19-36(37)45-41;1-2-9-22-20-23(17-16-21(22)8-1)39-30-15-6-3-10-24(30)25-18-19-31-32(35(25)39)26-11-7-12-27-33-36(40(31)34(26)27)38-29-14-5-4-13-28(29)37-33;1-2-11-22(12-3-1)39-29-17-9-6-14-24(29)25-18-19-30-32(34(25)39)31-23-13-5-4-10-21(23)20-26-33-36(40(30)35(26)31)38-28-16-8-7-15-27(28)37-33/h1-26H;2*1-20H. The predicted molar refractivity (Wildman–Crippen MR) is 531 cm³/mol. The second kappa shape index (κ2) is 26.0. The van der Waals surface area contributed by atoms with E-state index in [1.165, 1.54) is 158 Å². The van der Waals surface area contributed by atoms with Crippen LogP contribution in [-0.4, -0.2) is 56.8 Å². The lowest BCUT2D eigenvalue weighted by atomic mass is 9.98. The molecule has 12 nitrogen and oxygen atoms in total. The van der Waals surface area contributed by atoms with E-state index in [4.69, 9.17) is 29.9 Å². The average molecular weight is 1630 g/mol. The summed E-state index contributed by atoms with van der Waals surface area (Å²) in [6.45, 7) is 0. The van der Waals surface area contributed by atoms with E-state index in [2.05, 4.69) is 373 Å². The number of rotatable bonds is 5. The van der Waals surface area contributed by atoms with Gasteiger partial charge in [0.25, 0.3) is 0 Å². The van der Waals surface area contributed by atoms with E-state index < -0.39 is 0 Å². The number of para-hydroxylation sites is 12. The van der Waals surface area contributed by atoms with E-state index in [0.29, 0.717) is 0 Å². The van der Waals surface area contributed by atoms with Gasteiger partial charge in [-0.3, -0.25) is 13.2 Å². The van der Waals surface area contributed by atoms with Gasteiger partial charge in [0.2, 0.25) is 0 Å². The molecular formula is C116H66N12. The molecule has 31 rings (SSSR count). The van der Waals surface area contributed by atoms with E-state index in [1.807, 2.05) is 54.6 Å². The molecule has 0 radical (unpaired) electrons. The van der Waals surface area contributed by atoms with E-state index >= 15 is 0 Å². The average Bonchev–Trinajstić information content (AvgIpc) is 1.53. The van der Waals surface area contributed by atoms with Gasteiger partial charge in [-0.05, 0) is 165 Å². The van der Waals surface area contributed by atoms with Crippen LogP contribution < -0.4 is 0 Å². The van der Waals surface area contributed by atoms with Gasteiger partial charge in [0, 0.05) is 97.9 Å². The van der Waals surface area contributed by atoms with Gasteiger partial charge in [-0.1, -0.05) is 279 Å². The number of nitrogens with zero attached hydrogens (tertiary/aromatic N) is 12. The first kappa shape index (κ1) is 69.1. The third kappa shape index (κ3) is 9.55. The molecule has 590 valence electrons. The summed E-state index contributed by atoms with van der Waals surface area (Å²) < 4.78 is 14.4. The molecule has 19 aromatic carbocycles. The van der Waals surface area contributed by atoms with Crippen LogP contribution in [0.4, 0.5) is 0 Å². The van der Waals surface area contributed by atoms with Gasteiger partial charge in [0.1, 0.15) is 16.6 Å². The number of hydrogen-bond donors (Lipinski definition) is 0. The molecule has 0 saturated carbocycles. The Morgan fingerprint density at radius 2 is 0.516 bits per heavy atom. The van der Waals surface area contributed by atoms with Crippen molar-refractivity contribution in [2.24, 2.45) is 0 Å². The lowest BCUT2D eigenvalue weighted by molar-refractivity contribution is 1.19. The summed E-state index contributed by atoms with van der Waals surface area (Å²) in [5, 5.41) is 23.3. The van der Waals surface area contributed by atoms with Crippen LogP contribution in [0.25, 0.3) is 274 Å². The van der Waals surface area contributed by atoms with Gasteiger partial charge in [-0.25, -0.2) is 29.9 Å². The molecule has 0 aliphatic rings. The smallest absolute Gasteiger partial charge is 0.165 e. The van der Waals surface area contributed by atoms with Crippen LogP contribution in [0.5, 0.6) is 0 Å². The molecule has 0 unspecified atom stereocenters. The molecule has 0 spiro atoms. The fraction of sp³-hybridized carbons (Fsp3) is 0. The summed E-state index contributed by atoms with van der Waals surface area (Å²) in [6, 6.07) is 143. The monoisotopic (exact) mass is 1630 g/mol. The summed E-state index contributed by atoms with van der Waals surface area (Å²) in [5.41, 5.74) is 33.5. The zero-order valence-electron chi connectivity index (χ0n) is 68.5. The highest BCUT2D eigenvalue weighted by molar-refractivity contribution is 6.38. The van der Waals surface area contributed by atoms with Crippen molar-refractivity contribution in [2.45, 2.75) is 0 Å². The first-order valence-corrected chi connectivity index (χ1v) is 43.6. The molecule has 128 heavy (non-hydrogen) atoms.